The lowest BCUT2D eigenvalue weighted by molar-refractivity contribution is 0.124. The van der Waals surface area contributed by atoms with Crippen LogP contribution in [0.15, 0.2) is 29.4 Å². The Balaban J connectivity index is 1.65. The molecule has 1 aliphatic rings. The highest BCUT2D eigenvalue weighted by molar-refractivity contribution is 5.79. The molecule has 0 aromatic carbocycles. The summed E-state index contributed by atoms with van der Waals surface area (Å²) in [5.74, 6) is 1.43. The van der Waals surface area contributed by atoms with Crippen LogP contribution in [0.2, 0.25) is 0 Å². The van der Waals surface area contributed by atoms with E-state index in [2.05, 4.69) is 44.3 Å². The minimum atomic E-state index is 0.589. The molecule has 0 radical (unpaired) electrons. The van der Waals surface area contributed by atoms with Crippen molar-refractivity contribution in [3.63, 3.8) is 0 Å². The molecule has 0 amide bonds. The highest BCUT2D eigenvalue weighted by atomic mass is 15.3. The molecule has 1 fully saturated rings. The largest absolute Gasteiger partial charge is 0.356 e. The van der Waals surface area contributed by atoms with Crippen molar-refractivity contribution in [3.8, 4) is 0 Å². The molecule has 134 valence electrons. The number of hydrogen-bond donors (Lipinski definition) is 2. The van der Waals surface area contributed by atoms with Gasteiger partial charge in [-0.25, -0.2) is 0 Å². The lowest BCUT2D eigenvalue weighted by Gasteiger charge is -2.35. The van der Waals surface area contributed by atoms with Crippen LogP contribution in [-0.4, -0.2) is 73.6 Å². The Labute approximate surface area is 146 Å². The third kappa shape index (κ3) is 6.45. The molecule has 1 atom stereocenters. The number of nitrogens with zero attached hydrogens (tertiary/aromatic N) is 4. The molecule has 2 heterocycles. The standard InChI is InChI=1S/C18H32N6/c1-4-23-9-11-24(12-10-23)15-16(2)13-21-18(19-3)22-14-17-7-5-6-8-20-17/h5-8,16H,4,9-15H2,1-3H3,(H2,19,21,22). The summed E-state index contributed by atoms with van der Waals surface area (Å²) < 4.78 is 0. The van der Waals surface area contributed by atoms with Gasteiger partial charge in [-0.3, -0.25) is 9.98 Å². The van der Waals surface area contributed by atoms with E-state index in [0.29, 0.717) is 12.5 Å². The Bertz CT molecular complexity index is 482. The molecular formula is C18H32N6. The normalized spacial score (nSPS) is 18.4. The summed E-state index contributed by atoms with van der Waals surface area (Å²) >= 11 is 0. The second-order valence-corrected chi connectivity index (χ2v) is 6.47. The van der Waals surface area contributed by atoms with Crippen molar-refractivity contribution in [3.05, 3.63) is 30.1 Å². The van der Waals surface area contributed by atoms with Gasteiger partial charge in [-0.15, -0.1) is 0 Å². The number of pyridine rings is 1. The van der Waals surface area contributed by atoms with Crippen molar-refractivity contribution in [2.75, 3.05) is 52.9 Å². The van der Waals surface area contributed by atoms with Gasteiger partial charge in [0.15, 0.2) is 5.96 Å². The third-order valence-corrected chi connectivity index (χ3v) is 4.49. The van der Waals surface area contributed by atoms with Crippen molar-refractivity contribution in [2.45, 2.75) is 20.4 Å². The van der Waals surface area contributed by atoms with Gasteiger partial charge in [0.2, 0.25) is 0 Å². The molecule has 0 bridgehead atoms. The molecule has 2 rings (SSSR count). The first-order valence-corrected chi connectivity index (χ1v) is 9.00. The fraction of sp³-hybridized carbons (Fsp3) is 0.667. The highest BCUT2D eigenvalue weighted by Gasteiger charge is 2.17. The first kappa shape index (κ1) is 18.7. The number of aromatic nitrogens is 1. The van der Waals surface area contributed by atoms with Crippen LogP contribution in [0.4, 0.5) is 0 Å². The van der Waals surface area contributed by atoms with E-state index in [1.807, 2.05) is 31.4 Å². The molecule has 6 heteroatoms. The van der Waals surface area contributed by atoms with Gasteiger partial charge < -0.3 is 20.4 Å². The van der Waals surface area contributed by atoms with Crippen LogP contribution < -0.4 is 10.6 Å². The van der Waals surface area contributed by atoms with Gasteiger partial charge in [0.05, 0.1) is 12.2 Å². The first-order chi connectivity index (χ1) is 11.7. The summed E-state index contributed by atoms with van der Waals surface area (Å²) in [4.78, 5) is 13.7. The third-order valence-electron chi connectivity index (χ3n) is 4.49. The van der Waals surface area contributed by atoms with E-state index in [4.69, 9.17) is 0 Å². The van der Waals surface area contributed by atoms with E-state index >= 15 is 0 Å². The quantitative estimate of drug-likeness (QED) is 0.577. The van der Waals surface area contributed by atoms with Crippen molar-refractivity contribution in [2.24, 2.45) is 10.9 Å². The Morgan fingerprint density at radius 2 is 1.96 bits per heavy atom. The lowest BCUT2D eigenvalue weighted by atomic mass is 10.1. The van der Waals surface area contributed by atoms with Gasteiger partial charge in [-0.2, -0.15) is 0 Å². The van der Waals surface area contributed by atoms with E-state index in [0.717, 1.165) is 24.7 Å². The van der Waals surface area contributed by atoms with E-state index in [9.17, 15) is 0 Å². The Morgan fingerprint density at radius 1 is 1.21 bits per heavy atom. The molecule has 1 aromatic heterocycles. The van der Waals surface area contributed by atoms with Gasteiger partial charge in [0, 0.05) is 52.5 Å². The van der Waals surface area contributed by atoms with Crippen molar-refractivity contribution >= 4 is 5.96 Å². The molecule has 0 spiro atoms. The summed E-state index contributed by atoms with van der Waals surface area (Å²) in [5, 5.41) is 6.74. The van der Waals surface area contributed by atoms with Crippen molar-refractivity contribution < 1.29 is 0 Å². The Morgan fingerprint density at radius 3 is 2.58 bits per heavy atom. The maximum atomic E-state index is 4.31. The zero-order valence-electron chi connectivity index (χ0n) is 15.3. The monoisotopic (exact) mass is 332 g/mol. The maximum Gasteiger partial charge on any atom is 0.191 e. The summed E-state index contributed by atoms with van der Waals surface area (Å²) in [5.41, 5.74) is 1.02. The van der Waals surface area contributed by atoms with Crippen LogP contribution in [-0.2, 0) is 6.54 Å². The lowest BCUT2D eigenvalue weighted by Crippen LogP contribution is -2.48. The highest BCUT2D eigenvalue weighted by Crippen LogP contribution is 2.05. The van der Waals surface area contributed by atoms with E-state index in [1.165, 1.54) is 32.7 Å². The number of nitrogens with one attached hydrogen (secondary N) is 2. The van der Waals surface area contributed by atoms with Gasteiger partial charge >= 0.3 is 0 Å². The van der Waals surface area contributed by atoms with Crippen LogP contribution in [0.3, 0.4) is 0 Å². The number of likely N-dealkylation sites (N-methyl/N-ethyl adjacent to an activating group) is 1. The molecule has 0 aliphatic carbocycles. The number of aliphatic imine (C=N–C) groups is 1. The zero-order chi connectivity index (χ0) is 17.2. The molecule has 24 heavy (non-hydrogen) atoms. The number of guanidine groups is 1. The average Bonchev–Trinajstić information content (AvgIpc) is 2.63. The molecule has 6 nitrogen and oxygen atoms in total. The van der Waals surface area contributed by atoms with E-state index < -0.39 is 0 Å². The second kappa shape index (κ2) is 10.3. The van der Waals surface area contributed by atoms with Gasteiger partial charge in [0.1, 0.15) is 0 Å². The van der Waals surface area contributed by atoms with Crippen molar-refractivity contribution in [1.29, 1.82) is 0 Å². The average molecular weight is 332 g/mol. The summed E-state index contributed by atoms with van der Waals surface area (Å²) in [6.07, 6.45) is 1.81. The van der Waals surface area contributed by atoms with Crippen LogP contribution >= 0.6 is 0 Å². The minimum absolute atomic E-state index is 0.589. The summed E-state index contributed by atoms with van der Waals surface area (Å²) in [6.45, 7) is 13.2. The second-order valence-electron chi connectivity index (χ2n) is 6.47. The number of piperazine rings is 1. The molecular weight excluding hydrogens is 300 g/mol. The molecule has 0 saturated carbocycles. The predicted molar refractivity (Wildman–Crippen MR) is 100 cm³/mol. The Kier molecular flexibility index (Phi) is 7.98. The number of rotatable bonds is 7. The zero-order valence-corrected chi connectivity index (χ0v) is 15.3. The number of hydrogen-bond acceptors (Lipinski definition) is 4. The molecule has 1 unspecified atom stereocenters. The smallest absolute Gasteiger partial charge is 0.191 e. The molecule has 1 saturated heterocycles. The molecule has 1 aromatic rings. The fourth-order valence-corrected chi connectivity index (χ4v) is 2.96. The summed E-state index contributed by atoms with van der Waals surface area (Å²) in [7, 11) is 1.81. The summed E-state index contributed by atoms with van der Waals surface area (Å²) in [6, 6.07) is 5.94. The topological polar surface area (TPSA) is 55.8 Å². The van der Waals surface area contributed by atoms with Crippen molar-refractivity contribution in [1.82, 2.24) is 25.4 Å². The maximum absolute atomic E-state index is 4.31. The van der Waals surface area contributed by atoms with Gasteiger partial charge in [0.25, 0.3) is 0 Å². The molecule has 2 N–H and O–H groups in total. The minimum Gasteiger partial charge on any atom is -0.356 e. The van der Waals surface area contributed by atoms with Crippen LogP contribution in [0, 0.1) is 5.92 Å². The molecule has 1 aliphatic heterocycles. The Hall–Kier alpha value is -1.66. The fourth-order valence-electron chi connectivity index (χ4n) is 2.96. The van der Waals surface area contributed by atoms with E-state index in [-0.39, 0.29) is 0 Å². The van der Waals surface area contributed by atoms with Crippen LogP contribution in [0.25, 0.3) is 0 Å². The van der Waals surface area contributed by atoms with Crippen LogP contribution in [0.5, 0.6) is 0 Å². The van der Waals surface area contributed by atoms with Crippen LogP contribution in [0.1, 0.15) is 19.5 Å². The van der Waals surface area contributed by atoms with Gasteiger partial charge in [-0.05, 0) is 24.6 Å². The van der Waals surface area contributed by atoms with E-state index in [1.54, 1.807) is 0 Å². The predicted octanol–water partition coefficient (Wildman–Crippen LogP) is 1.02. The SMILES string of the molecule is CCN1CCN(CC(C)CNC(=NC)NCc2ccccn2)CC1. The van der Waals surface area contributed by atoms with Gasteiger partial charge in [-0.1, -0.05) is 19.9 Å². The first-order valence-electron chi connectivity index (χ1n) is 9.00.